The third-order valence-electron chi connectivity index (χ3n) is 1.19. The molecule has 0 atom stereocenters. The van der Waals surface area contributed by atoms with Crippen LogP contribution in [-0.2, 0) is 6.42 Å². The van der Waals surface area contributed by atoms with Crippen molar-refractivity contribution in [3.63, 3.8) is 0 Å². The minimum absolute atomic E-state index is 0.270. The fourth-order valence-electron chi connectivity index (χ4n) is 0.627. The molecular weight excluding hydrogens is 121 g/mol. The van der Waals surface area contributed by atoms with Crippen molar-refractivity contribution in [2.24, 2.45) is 0 Å². The summed E-state index contributed by atoms with van der Waals surface area (Å²) < 4.78 is 17.2. The lowest BCUT2D eigenvalue weighted by atomic mass is 10.3. The molecule has 1 aromatic rings. The fraction of sp³-hybridized carbons (Fsp3) is 0.500. The SMILES string of the molecule is CCc1noc(C)c1F. The summed E-state index contributed by atoms with van der Waals surface area (Å²) >= 11 is 0. The number of hydrogen-bond donors (Lipinski definition) is 0. The van der Waals surface area contributed by atoms with Crippen LogP contribution in [0.4, 0.5) is 4.39 Å². The zero-order valence-electron chi connectivity index (χ0n) is 5.44. The van der Waals surface area contributed by atoms with Gasteiger partial charge >= 0.3 is 0 Å². The molecular formula is C6H8FNO. The first-order valence-corrected chi connectivity index (χ1v) is 2.86. The van der Waals surface area contributed by atoms with E-state index in [-0.39, 0.29) is 11.6 Å². The lowest BCUT2D eigenvalue weighted by Crippen LogP contribution is -1.82. The first kappa shape index (κ1) is 6.26. The third-order valence-corrected chi connectivity index (χ3v) is 1.19. The molecule has 0 aliphatic carbocycles. The van der Waals surface area contributed by atoms with Crippen LogP contribution in [0.3, 0.4) is 0 Å². The Morgan fingerprint density at radius 3 is 2.56 bits per heavy atom. The molecule has 0 N–H and O–H groups in total. The Bertz CT molecular complexity index is 207. The molecule has 1 rings (SSSR count). The molecule has 0 aliphatic rings. The van der Waals surface area contributed by atoms with Crippen LogP contribution in [0.25, 0.3) is 0 Å². The van der Waals surface area contributed by atoms with E-state index in [0.717, 1.165) is 0 Å². The van der Waals surface area contributed by atoms with Gasteiger partial charge in [0.25, 0.3) is 0 Å². The van der Waals surface area contributed by atoms with Crippen LogP contribution in [0.15, 0.2) is 4.52 Å². The fourth-order valence-corrected chi connectivity index (χ4v) is 0.627. The van der Waals surface area contributed by atoms with Crippen molar-refractivity contribution in [1.29, 1.82) is 0 Å². The van der Waals surface area contributed by atoms with Gasteiger partial charge in [0.05, 0.1) is 0 Å². The predicted octanol–water partition coefficient (Wildman–Crippen LogP) is 1.68. The Morgan fingerprint density at radius 1 is 1.67 bits per heavy atom. The van der Waals surface area contributed by atoms with Crippen LogP contribution in [0, 0.1) is 12.7 Å². The second-order valence-corrected chi connectivity index (χ2v) is 1.85. The first-order chi connectivity index (χ1) is 4.25. The van der Waals surface area contributed by atoms with Gasteiger partial charge in [-0.3, -0.25) is 0 Å². The van der Waals surface area contributed by atoms with Gasteiger partial charge in [-0.1, -0.05) is 12.1 Å². The van der Waals surface area contributed by atoms with E-state index in [0.29, 0.717) is 12.1 Å². The molecule has 0 aliphatic heterocycles. The molecule has 2 nitrogen and oxygen atoms in total. The largest absolute Gasteiger partial charge is 0.358 e. The van der Waals surface area contributed by atoms with Gasteiger partial charge in [0.15, 0.2) is 11.6 Å². The molecule has 1 aromatic heterocycles. The molecule has 1 heterocycles. The van der Waals surface area contributed by atoms with E-state index in [4.69, 9.17) is 0 Å². The van der Waals surface area contributed by atoms with Crippen LogP contribution in [0.1, 0.15) is 18.4 Å². The number of halogens is 1. The van der Waals surface area contributed by atoms with E-state index >= 15 is 0 Å². The standard InChI is InChI=1S/C6H8FNO/c1-3-5-6(7)4(2)9-8-5/h3H2,1-2H3. The maximum absolute atomic E-state index is 12.6. The smallest absolute Gasteiger partial charge is 0.188 e. The molecule has 0 unspecified atom stereocenters. The van der Waals surface area contributed by atoms with Crippen molar-refractivity contribution < 1.29 is 8.91 Å². The van der Waals surface area contributed by atoms with E-state index in [1.54, 1.807) is 6.92 Å². The molecule has 0 fully saturated rings. The van der Waals surface area contributed by atoms with Crippen molar-refractivity contribution in [2.45, 2.75) is 20.3 Å². The predicted molar refractivity (Wildman–Crippen MR) is 30.6 cm³/mol. The van der Waals surface area contributed by atoms with Gasteiger partial charge in [0.1, 0.15) is 5.69 Å². The number of aromatic nitrogens is 1. The maximum atomic E-state index is 12.6. The molecule has 0 saturated heterocycles. The van der Waals surface area contributed by atoms with Crippen molar-refractivity contribution in [3.8, 4) is 0 Å². The highest BCUT2D eigenvalue weighted by atomic mass is 19.1. The summed E-state index contributed by atoms with van der Waals surface area (Å²) in [6.07, 6.45) is 0.586. The lowest BCUT2D eigenvalue weighted by Gasteiger charge is -1.81. The van der Waals surface area contributed by atoms with E-state index in [1.807, 2.05) is 6.92 Å². The maximum Gasteiger partial charge on any atom is 0.188 e. The molecule has 50 valence electrons. The summed E-state index contributed by atoms with van der Waals surface area (Å²) in [6, 6.07) is 0. The Labute approximate surface area is 52.7 Å². The van der Waals surface area contributed by atoms with Gasteiger partial charge in [-0.25, -0.2) is 4.39 Å². The Morgan fingerprint density at radius 2 is 2.33 bits per heavy atom. The topological polar surface area (TPSA) is 26.0 Å². The number of hydrogen-bond acceptors (Lipinski definition) is 2. The second-order valence-electron chi connectivity index (χ2n) is 1.85. The average molecular weight is 129 g/mol. The molecule has 0 radical (unpaired) electrons. The van der Waals surface area contributed by atoms with Crippen molar-refractivity contribution in [2.75, 3.05) is 0 Å². The number of rotatable bonds is 1. The molecule has 0 amide bonds. The zero-order chi connectivity index (χ0) is 6.85. The summed E-state index contributed by atoms with van der Waals surface area (Å²) in [4.78, 5) is 0. The van der Waals surface area contributed by atoms with Crippen molar-refractivity contribution >= 4 is 0 Å². The van der Waals surface area contributed by atoms with E-state index in [2.05, 4.69) is 9.68 Å². The quantitative estimate of drug-likeness (QED) is 0.576. The van der Waals surface area contributed by atoms with Gasteiger partial charge in [0.2, 0.25) is 0 Å². The van der Waals surface area contributed by atoms with E-state index in [9.17, 15) is 4.39 Å². The Hall–Kier alpha value is -0.860. The Kier molecular flexibility index (Phi) is 1.51. The second kappa shape index (κ2) is 2.17. The molecule has 0 saturated carbocycles. The van der Waals surface area contributed by atoms with E-state index in [1.165, 1.54) is 0 Å². The van der Waals surface area contributed by atoms with Crippen LogP contribution >= 0.6 is 0 Å². The number of aryl methyl sites for hydroxylation is 2. The molecule has 0 bridgehead atoms. The van der Waals surface area contributed by atoms with Crippen LogP contribution in [0.2, 0.25) is 0 Å². The van der Waals surface area contributed by atoms with Crippen LogP contribution < -0.4 is 0 Å². The highest BCUT2D eigenvalue weighted by molar-refractivity contribution is 5.06. The minimum atomic E-state index is -0.308. The first-order valence-electron chi connectivity index (χ1n) is 2.86. The van der Waals surface area contributed by atoms with Crippen molar-refractivity contribution in [1.82, 2.24) is 5.16 Å². The summed E-state index contributed by atoms with van der Waals surface area (Å²) in [5.74, 6) is -0.0376. The monoisotopic (exact) mass is 129 g/mol. The van der Waals surface area contributed by atoms with E-state index < -0.39 is 0 Å². The molecule has 0 spiro atoms. The van der Waals surface area contributed by atoms with Gasteiger partial charge in [-0.2, -0.15) is 0 Å². The lowest BCUT2D eigenvalue weighted by molar-refractivity contribution is 0.385. The highest BCUT2D eigenvalue weighted by Gasteiger charge is 2.08. The van der Waals surface area contributed by atoms with Gasteiger partial charge in [-0.05, 0) is 13.3 Å². The van der Waals surface area contributed by atoms with Gasteiger partial charge in [0, 0.05) is 0 Å². The molecule has 3 heteroatoms. The number of nitrogens with zero attached hydrogens (tertiary/aromatic N) is 1. The third kappa shape index (κ3) is 0.943. The molecule has 9 heavy (non-hydrogen) atoms. The van der Waals surface area contributed by atoms with Crippen LogP contribution in [0.5, 0.6) is 0 Å². The van der Waals surface area contributed by atoms with Gasteiger partial charge < -0.3 is 4.52 Å². The molecule has 0 aromatic carbocycles. The Balaban J connectivity index is 3.04. The van der Waals surface area contributed by atoms with Crippen LogP contribution in [-0.4, -0.2) is 5.16 Å². The highest BCUT2D eigenvalue weighted by Crippen LogP contribution is 2.09. The summed E-state index contributed by atoms with van der Waals surface area (Å²) in [7, 11) is 0. The van der Waals surface area contributed by atoms with Crippen molar-refractivity contribution in [3.05, 3.63) is 17.3 Å². The minimum Gasteiger partial charge on any atom is -0.358 e. The normalized spacial score (nSPS) is 10.1. The summed E-state index contributed by atoms with van der Waals surface area (Å²) in [6.45, 7) is 3.39. The van der Waals surface area contributed by atoms with Gasteiger partial charge in [-0.15, -0.1) is 0 Å². The zero-order valence-corrected chi connectivity index (χ0v) is 5.44. The summed E-state index contributed by atoms with van der Waals surface area (Å²) in [5.41, 5.74) is 0.410. The summed E-state index contributed by atoms with van der Waals surface area (Å²) in [5, 5.41) is 3.48. The average Bonchev–Trinajstić information content (AvgIpc) is 2.15.